The van der Waals surface area contributed by atoms with E-state index in [1.165, 1.54) is 0 Å². The first kappa shape index (κ1) is 15.6. The maximum atomic E-state index is 6.35. The molecule has 0 radical (unpaired) electrons. The molecule has 0 unspecified atom stereocenters. The summed E-state index contributed by atoms with van der Waals surface area (Å²) in [5, 5.41) is 0.976. The van der Waals surface area contributed by atoms with Gasteiger partial charge in [0.05, 0.1) is 30.2 Å². The van der Waals surface area contributed by atoms with E-state index in [2.05, 4.69) is 27.0 Å². The van der Waals surface area contributed by atoms with E-state index in [0.29, 0.717) is 6.04 Å². The lowest BCUT2D eigenvalue weighted by Gasteiger charge is -2.30. The molecule has 2 N–H and O–H groups in total. The number of benzene rings is 1. The topological polar surface area (TPSA) is 73.5 Å². The molecule has 6 heteroatoms. The Balaban J connectivity index is 1.64. The molecule has 2 aliphatic rings. The van der Waals surface area contributed by atoms with Crippen molar-refractivity contribution in [2.75, 3.05) is 31.2 Å². The third-order valence-electron chi connectivity index (χ3n) is 4.96. The lowest BCUT2D eigenvalue weighted by atomic mass is 9.93. The van der Waals surface area contributed by atoms with Gasteiger partial charge in [-0.1, -0.05) is 0 Å². The number of hydrogen-bond acceptors (Lipinski definition) is 6. The van der Waals surface area contributed by atoms with E-state index in [1.807, 2.05) is 6.20 Å². The van der Waals surface area contributed by atoms with Gasteiger partial charge in [0.1, 0.15) is 12.1 Å². The minimum Gasteiger partial charge on any atom is -0.490 e. The molecule has 24 heavy (non-hydrogen) atoms. The monoisotopic (exact) mass is 328 g/mol. The summed E-state index contributed by atoms with van der Waals surface area (Å²) >= 11 is 0. The van der Waals surface area contributed by atoms with E-state index in [9.17, 15) is 0 Å². The van der Waals surface area contributed by atoms with Gasteiger partial charge in [-0.2, -0.15) is 0 Å². The summed E-state index contributed by atoms with van der Waals surface area (Å²) in [5.41, 5.74) is 8.08. The van der Waals surface area contributed by atoms with Gasteiger partial charge in [0.25, 0.3) is 0 Å². The Morgan fingerprint density at radius 1 is 1.12 bits per heavy atom. The van der Waals surface area contributed by atoms with Crippen molar-refractivity contribution in [1.82, 2.24) is 9.97 Å². The number of ether oxygens (including phenoxy) is 2. The molecular formula is C18H24N4O2. The van der Waals surface area contributed by atoms with Crippen LogP contribution in [0, 0.1) is 0 Å². The van der Waals surface area contributed by atoms with Gasteiger partial charge in [0.2, 0.25) is 0 Å². The van der Waals surface area contributed by atoms with E-state index in [4.69, 9.17) is 15.2 Å². The van der Waals surface area contributed by atoms with Gasteiger partial charge in [0, 0.05) is 37.1 Å². The first-order chi connectivity index (χ1) is 11.8. The molecule has 1 aliphatic heterocycles. The number of fused-ring (bicyclic) bond motifs is 1. The van der Waals surface area contributed by atoms with Crippen LogP contribution in [0.1, 0.15) is 25.7 Å². The Morgan fingerprint density at radius 2 is 1.92 bits per heavy atom. The second kappa shape index (κ2) is 6.91. The van der Waals surface area contributed by atoms with Crippen LogP contribution in [0.4, 0.5) is 5.69 Å². The number of rotatable bonds is 3. The molecular weight excluding hydrogens is 304 g/mol. The van der Waals surface area contributed by atoms with E-state index < -0.39 is 0 Å². The van der Waals surface area contributed by atoms with Gasteiger partial charge >= 0.3 is 0 Å². The van der Waals surface area contributed by atoms with Crippen molar-refractivity contribution in [3.63, 3.8) is 0 Å². The summed E-state index contributed by atoms with van der Waals surface area (Å²) in [7, 11) is 0. The molecule has 1 aromatic carbocycles. The third kappa shape index (κ3) is 3.30. The Hall–Kier alpha value is -1.92. The number of hydrogen-bond donors (Lipinski definition) is 1. The molecule has 4 rings (SSSR count). The summed E-state index contributed by atoms with van der Waals surface area (Å²) in [6, 6.07) is 4.57. The molecule has 2 aromatic rings. The van der Waals surface area contributed by atoms with Crippen LogP contribution in [0.15, 0.2) is 24.7 Å². The Morgan fingerprint density at radius 3 is 2.71 bits per heavy atom. The van der Waals surface area contributed by atoms with Crippen molar-refractivity contribution < 1.29 is 9.47 Å². The van der Waals surface area contributed by atoms with Gasteiger partial charge in [-0.15, -0.1) is 0 Å². The Kier molecular flexibility index (Phi) is 4.49. The molecule has 2 fully saturated rings. The van der Waals surface area contributed by atoms with Crippen LogP contribution >= 0.6 is 0 Å². The second-order valence-corrected chi connectivity index (χ2v) is 6.65. The first-order valence-electron chi connectivity index (χ1n) is 8.78. The van der Waals surface area contributed by atoms with E-state index >= 15 is 0 Å². The Bertz CT molecular complexity index is 694. The largest absolute Gasteiger partial charge is 0.490 e. The zero-order chi connectivity index (χ0) is 16.4. The van der Waals surface area contributed by atoms with Crippen LogP contribution in [-0.2, 0) is 4.74 Å². The van der Waals surface area contributed by atoms with Crippen LogP contribution in [0.5, 0.6) is 5.75 Å². The second-order valence-electron chi connectivity index (χ2n) is 6.65. The fraction of sp³-hybridized carbons (Fsp3) is 0.556. The minimum absolute atomic E-state index is 0.230. The lowest BCUT2D eigenvalue weighted by Crippen LogP contribution is -2.36. The average Bonchev–Trinajstić information content (AvgIpc) is 2.64. The number of nitrogens with two attached hydrogens (primary N) is 1. The van der Waals surface area contributed by atoms with Crippen molar-refractivity contribution in [2.45, 2.75) is 37.8 Å². The van der Waals surface area contributed by atoms with Gasteiger partial charge < -0.3 is 20.1 Å². The van der Waals surface area contributed by atoms with Crippen LogP contribution in [-0.4, -0.2) is 48.4 Å². The molecule has 0 spiro atoms. The number of anilines is 1. The molecule has 1 saturated heterocycles. The summed E-state index contributed by atoms with van der Waals surface area (Å²) in [6.45, 7) is 3.32. The van der Waals surface area contributed by atoms with E-state index in [0.717, 1.165) is 74.3 Å². The maximum absolute atomic E-state index is 6.35. The molecule has 2 heterocycles. The average molecular weight is 328 g/mol. The standard InChI is InChI=1S/C18H24N4O2/c19-13-1-3-15(4-2-13)24-18-10-14(22-5-7-23-8-6-22)9-17-16(18)11-20-12-21-17/h9-13,15H,1-8,19H2/t13-,15+. The molecule has 1 aromatic heterocycles. The smallest absolute Gasteiger partial charge is 0.132 e. The van der Waals surface area contributed by atoms with Crippen LogP contribution in [0.25, 0.3) is 10.9 Å². The molecule has 6 nitrogen and oxygen atoms in total. The summed E-state index contributed by atoms with van der Waals surface area (Å²) in [6.07, 6.45) is 7.75. The number of nitrogens with zero attached hydrogens (tertiary/aromatic N) is 3. The summed E-state index contributed by atoms with van der Waals surface area (Å²) < 4.78 is 11.8. The summed E-state index contributed by atoms with van der Waals surface area (Å²) in [4.78, 5) is 10.9. The predicted octanol–water partition coefficient (Wildman–Crippen LogP) is 2.12. The molecule has 1 aliphatic carbocycles. The number of morpholine rings is 1. The van der Waals surface area contributed by atoms with Crippen LogP contribution < -0.4 is 15.4 Å². The molecule has 0 bridgehead atoms. The van der Waals surface area contributed by atoms with Crippen molar-refractivity contribution in [3.05, 3.63) is 24.7 Å². The Labute approximate surface area is 142 Å². The van der Waals surface area contributed by atoms with Gasteiger partial charge in [-0.3, -0.25) is 0 Å². The van der Waals surface area contributed by atoms with Crippen molar-refractivity contribution in [3.8, 4) is 5.75 Å². The first-order valence-corrected chi connectivity index (χ1v) is 8.78. The third-order valence-corrected chi connectivity index (χ3v) is 4.96. The van der Waals surface area contributed by atoms with Crippen LogP contribution in [0.3, 0.4) is 0 Å². The van der Waals surface area contributed by atoms with Crippen molar-refractivity contribution >= 4 is 16.6 Å². The van der Waals surface area contributed by atoms with Gasteiger partial charge in [0.15, 0.2) is 0 Å². The van der Waals surface area contributed by atoms with Crippen LogP contribution in [0.2, 0.25) is 0 Å². The minimum atomic E-state index is 0.230. The van der Waals surface area contributed by atoms with Gasteiger partial charge in [-0.05, 0) is 31.7 Å². The number of aromatic nitrogens is 2. The maximum Gasteiger partial charge on any atom is 0.132 e. The lowest BCUT2D eigenvalue weighted by molar-refractivity contribution is 0.122. The highest BCUT2D eigenvalue weighted by atomic mass is 16.5. The van der Waals surface area contributed by atoms with E-state index in [-0.39, 0.29) is 6.10 Å². The molecule has 0 amide bonds. The highest BCUT2D eigenvalue weighted by Gasteiger charge is 2.22. The molecule has 0 atom stereocenters. The van der Waals surface area contributed by atoms with E-state index in [1.54, 1.807) is 6.33 Å². The normalized spacial score (nSPS) is 25.0. The summed E-state index contributed by atoms with van der Waals surface area (Å²) in [5.74, 6) is 0.884. The zero-order valence-electron chi connectivity index (χ0n) is 13.9. The SMILES string of the molecule is N[C@H]1CC[C@@H](Oc2cc(N3CCOCC3)cc3ncncc23)CC1. The highest BCUT2D eigenvalue weighted by molar-refractivity contribution is 5.88. The van der Waals surface area contributed by atoms with Crippen molar-refractivity contribution in [2.24, 2.45) is 5.73 Å². The quantitative estimate of drug-likeness (QED) is 0.930. The zero-order valence-corrected chi connectivity index (χ0v) is 13.9. The fourth-order valence-electron chi connectivity index (χ4n) is 3.53. The fourth-order valence-corrected chi connectivity index (χ4v) is 3.53. The molecule has 128 valence electrons. The van der Waals surface area contributed by atoms with Crippen molar-refractivity contribution in [1.29, 1.82) is 0 Å². The van der Waals surface area contributed by atoms with Gasteiger partial charge in [-0.25, -0.2) is 9.97 Å². The predicted molar refractivity (Wildman–Crippen MR) is 93.4 cm³/mol. The molecule has 1 saturated carbocycles. The highest BCUT2D eigenvalue weighted by Crippen LogP contribution is 2.33.